The van der Waals surface area contributed by atoms with E-state index in [1.165, 1.54) is 12.1 Å². The Kier molecular flexibility index (Phi) is 5.64. The van der Waals surface area contributed by atoms with Gasteiger partial charge in [-0.05, 0) is 80.2 Å². The molecule has 1 fully saturated rings. The lowest BCUT2D eigenvalue weighted by Crippen LogP contribution is -2.31. The minimum Gasteiger partial charge on any atom is -0.416 e. The van der Waals surface area contributed by atoms with Crippen molar-refractivity contribution in [3.05, 3.63) is 78.4 Å². The van der Waals surface area contributed by atoms with Crippen molar-refractivity contribution in [2.75, 3.05) is 32.1 Å². The van der Waals surface area contributed by atoms with E-state index in [0.717, 1.165) is 35.3 Å². The molecule has 1 atom stereocenters. The van der Waals surface area contributed by atoms with Crippen molar-refractivity contribution < 1.29 is 4.42 Å². The van der Waals surface area contributed by atoms with Gasteiger partial charge in [0.1, 0.15) is 0 Å². The highest BCUT2D eigenvalue weighted by molar-refractivity contribution is 5.68. The zero-order valence-corrected chi connectivity index (χ0v) is 18.8. The number of hydrogen-bond donors (Lipinski definition) is 0. The summed E-state index contributed by atoms with van der Waals surface area (Å²) in [6.45, 7) is 2.13. The maximum absolute atomic E-state index is 8.96. The first kappa shape index (κ1) is 20.9. The molecule has 33 heavy (non-hydrogen) atoms. The van der Waals surface area contributed by atoms with Crippen LogP contribution in [0.5, 0.6) is 0 Å². The zero-order valence-electron chi connectivity index (χ0n) is 18.8. The minimum atomic E-state index is 0.494. The highest BCUT2D eigenvalue weighted by atomic mass is 16.4. The lowest BCUT2D eigenvalue weighted by molar-refractivity contribution is 0.315. The average Bonchev–Trinajstić information content (AvgIpc) is 3.55. The fraction of sp³-hybridized carbons (Fsp3) is 0.222. The Labute approximate surface area is 193 Å². The number of hydrogen-bond acceptors (Lipinski definition) is 6. The van der Waals surface area contributed by atoms with E-state index in [1.54, 1.807) is 0 Å². The molecule has 0 spiro atoms. The van der Waals surface area contributed by atoms with Crippen LogP contribution < -0.4 is 4.90 Å². The first-order valence-electron chi connectivity index (χ1n) is 11.1. The molecule has 0 radical (unpaired) electrons. The molecule has 1 unspecified atom stereocenters. The van der Waals surface area contributed by atoms with Crippen molar-refractivity contribution in [2.24, 2.45) is 0 Å². The summed E-state index contributed by atoms with van der Waals surface area (Å²) in [5.74, 6) is 1.01. The van der Waals surface area contributed by atoms with Crippen molar-refractivity contribution in [3.63, 3.8) is 0 Å². The van der Waals surface area contributed by atoms with E-state index in [0.29, 0.717) is 23.4 Å². The van der Waals surface area contributed by atoms with Gasteiger partial charge in [-0.2, -0.15) is 5.26 Å². The number of nitrogens with zero attached hydrogens (tertiary/aromatic N) is 5. The first-order valence-corrected chi connectivity index (χ1v) is 11.1. The van der Waals surface area contributed by atoms with Crippen molar-refractivity contribution in [1.82, 2.24) is 15.1 Å². The van der Waals surface area contributed by atoms with Crippen molar-refractivity contribution in [1.29, 1.82) is 5.26 Å². The van der Waals surface area contributed by atoms with Gasteiger partial charge in [0.2, 0.25) is 11.8 Å². The van der Waals surface area contributed by atoms with Crippen molar-refractivity contribution in [2.45, 2.75) is 12.5 Å². The summed E-state index contributed by atoms with van der Waals surface area (Å²) < 4.78 is 5.97. The molecule has 1 aromatic heterocycles. The summed E-state index contributed by atoms with van der Waals surface area (Å²) >= 11 is 0. The maximum Gasteiger partial charge on any atom is 0.248 e. The van der Waals surface area contributed by atoms with E-state index < -0.39 is 0 Å². The van der Waals surface area contributed by atoms with Gasteiger partial charge in [-0.25, -0.2) is 0 Å². The fourth-order valence-electron chi connectivity index (χ4n) is 4.21. The van der Waals surface area contributed by atoms with Crippen LogP contribution >= 0.6 is 0 Å². The lowest BCUT2D eigenvalue weighted by Gasteiger charge is -2.21. The molecule has 164 valence electrons. The average molecular weight is 436 g/mol. The molecule has 0 N–H and O–H groups in total. The molecule has 0 amide bonds. The standard InChI is InChI=1S/C27H25N5O/c1-31(2)25-15-16-32(18-25)24-13-11-23(12-14-24)27-30-29-26(33-27)22-9-7-21(8-10-22)20-5-3-19(17-28)4-6-20/h3-14,25H,15-16,18H2,1-2H3. The van der Waals surface area contributed by atoms with Crippen LogP contribution in [0.3, 0.4) is 0 Å². The quantitative estimate of drug-likeness (QED) is 0.435. The van der Waals surface area contributed by atoms with E-state index in [-0.39, 0.29) is 0 Å². The largest absolute Gasteiger partial charge is 0.416 e. The third kappa shape index (κ3) is 4.36. The van der Waals surface area contributed by atoms with Gasteiger partial charge in [-0.15, -0.1) is 10.2 Å². The number of anilines is 1. The normalized spacial score (nSPS) is 15.7. The van der Waals surface area contributed by atoms with E-state index in [1.807, 2.05) is 60.7 Å². The number of likely N-dealkylation sites (N-methyl/N-ethyl adjacent to an activating group) is 1. The van der Waals surface area contributed by atoms with Crippen LogP contribution in [-0.4, -0.2) is 48.3 Å². The molecule has 6 nitrogen and oxygen atoms in total. The Hall–Kier alpha value is -3.95. The van der Waals surface area contributed by atoms with E-state index in [4.69, 9.17) is 9.68 Å². The van der Waals surface area contributed by atoms with E-state index >= 15 is 0 Å². The van der Waals surface area contributed by atoms with Gasteiger partial charge < -0.3 is 14.2 Å². The van der Waals surface area contributed by atoms with Crippen molar-refractivity contribution in [3.8, 4) is 40.1 Å². The van der Waals surface area contributed by atoms with Crippen LogP contribution in [0, 0.1) is 11.3 Å². The molecule has 4 aromatic rings. The number of nitriles is 1. The van der Waals surface area contributed by atoms with E-state index in [9.17, 15) is 0 Å². The second-order valence-corrected chi connectivity index (χ2v) is 8.58. The predicted octanol–water partition coefficient (Wildman–Crippen LogP) is 5.08. The maximum atomic E-state index is 8.96. The fourth-order valence-corrected chi connectivity index (χ4v) is 4.21. The van der Waals surface area contributed by atoms with Crippen LogP contribution in [0.25, 0.3) is 34.0 Å². The summed E-state index contributed by atoms with van der Waals surface area (Å²) in [5, 5.41) is 17.5. The Balaban J connectivity index is 1.29. The lowest BCUT2D eigenvalue weighted by atomic mass is 10.0. The van der Waals surface area contributed by atoms with Gasteiger partial charge >= 0.3 is 0 Å². The molecule has 0 saturated carbocycles. The monoisotopic (exact) mass is 435 g/mol. The number of aromatic nitrogens is 2. The molecule has 6 heteroatoms. The molecule has 0 bridgehead atoms. The zero-order chi connectivity index (χ0) is 22.8. The third-order valence-corrected chi connectivity index (χ3v) is 6.28. The summed E-state index contributed by atoms with van der Waals surface area (Å²) in [6, 6.07) is 26.6. The highest BCUT2D eigenvalue weighted by Gasteiger charge is 2.24. The molecule has 1 aliphatic heterocycles. The smallest absolute Gasteiger partial charge is 0.248 e. The van der Waals surface area contributed by atoms with Gasteiger partial charge in [0.15, 0.2) is 0 Å². The topological polar surface area (TPSA) is 69.2 Å². The van der Waals surface area contributed by atoms with E-state index in [2.05, 4.69) is 52.3 Å². The Bertz CT molecular complexity index is 1270. The van der Waals surface area contributed by atoms with Gasteiger partial charge in [0.05, 0.1) is 11.6 Å². The second kappa shape index (κ2) is 8.89. The van der Waals surface area contributed by atoms with Crippen LogP contribution in [0.2, 0.25) is 0 Å². The molecule has 1 aliphatic rings. The third-order valence-electron chi connectivity index (χ3n) is 6.28. The van der Waals surface area contributed by atoms with Gasteiger partial charge in [0, 0.05) is 35.9 Å². The molecule has 2 heterocycles. The van der Waals surface area contributed by atoms with Crippen LogP contribution in [0.4, 0.5) is 5.69 Å². The van der Waals surface area contributed by atoms with Crippen LogP contribution in [0.15, 0.2) is 77.2 Å². The first-order chi connectivity index (χ1) is 16.1. The highest BCUT2D eigenvalue weighted by Crippen LogP contribution is 2.29. The summed E-state index contributed by atoms with van der Waals surface area (Å²) in [7, 11) is 4.29. The Morgan fingerprint density at radius 3 is 1.85 bits per heavy atom. The molecular weight excluding hydrogens is 410 g/mol. The summed E-state index contributed by atoms with van der Waals surface area (Å²) in [6.07, 6.45) is 1.19. The molecule has 1 saturated heterocycles. The Morgan fingerprint density at radius 2 is 1.33 bits per heavy atom. The van der Waals surface area contributed by atoms with Gasteiger partial charge in [-0.3, -0.25) is 0 Å². The minimum absolute atomic E-state index is 0.494. The Morgan fingerprint density at radius 1 is 0.818 bits per heavy atom. The predicted molar refractivity (Wildman–Crippen MR) is 130 cm³/mol. The van der Waals surface area contributed by atoms with Gasteiger partial charge in [-0.1, -0.05) is 24.3 Å². The van der Waals surface area contributed by atoms with Crippen LogP contribution in [-0.2, 0) is 0 Å². The molecule has 3 aromatic carbocycles. The van der Waals surface area contributed by atoms with Crippen LogP contribution in [0.1, 0.15) is 12.0 Å². The molecule has 0 aliphatic carbocycles. The number of rotatable bonds is 5. The van der Waals surface area contributed by atoms with Crippen molar-refractivity contribution >= 4 is 5.69 Å². The summed E-state index contributed by atoms with van der Waals surface area (Å²) in [4.78, 5) is 4.72. The summed E-state index contributed by atoms with van der Waals surface area (Å²) in [5.41, 5.74) is 5.78. The molecular formula is C27H25N5O. The second-order valence-electron chi connectivity index (χ2n) is 8.58. The SMILES string of the molecule is CN(C)C1CCN(c2ccc(-c3nnc(-c4ccc(-c5ccc(C#N)cc5)cc4)o3)cc2)C1. The van der Waals surface area contributed by atoms with Gasteiger partial charge in [0.25, 0.3) is 0 Å². The number of benzene rings is 3. The molecule has 5 rings (SSSR count).